The van der Waals surface area contributed by atoms with E-state index < -0.39 is 13.0 Å². The van der Waals surface area contributed by atoms with Crippen molar-refractivity contribution in [3.05, 3.63) is 16.1 Å². The fourth-order valence-electron chi connectivity index (χ4n) is 5.83. The van der Waals surface area contributed by atoms with Crippen LogP contribution < -0.4 is 14.4 Å². The molecule has 7 nitrogen and oxygen atoms in total. The van der Waals surface area contributed by atoms with Crippen LogP contribution in [0.1, 0.15) is 82.0 Å². The van der Waals surface area contributed by atoms with Gasteiger partial charge in [-0.05, 0) is 66.6 Å². The van der Waals surface area contributed by atoms with E-state index in [0.717, 1.165) is 58.3 Å². The van der Waals surface area contributed by atoms with E-state index in [1.807, 2.05) is 0 Å². The van der Waals surface area contributed by atoms with Crippen molar-refractivity contribution < 1.29 is 23.0 Å². The second kappa shape index (κ2) is 13.5. The number of piperidine rings is 2. The van der Waals surface area contributed by atoms with Crippen LogP contribution in [0.2, 0.25) is 0 Å². The smallest absolute Gasteiger partial charge is 0.319 e. The van der Waals surface area contributed by atoms with Crippen molar-refractivity contribution >= 4 is 38.9 Å². The molecule has 0 radical (unpaired) electrons. The highest BCUT2D eigenvalue weighted by molar-refractivity contribution is 9.10. The summed E-state index contributed by atoms with van der Waals surface area (Å²) in [7, 11) is 2.09. The van der Waals surface area contributed by atoms with Crippen LogP contribution in [-0.4, -0.2) is 73.5 Å². The van der Waals surface area contributed by atoms with Crippen molar-refractivity contribution in [2.75, 3.05) is 44.7 Å². The molecule has 0 unspecified atom stereocenters. The molecule has 0 aliphatic carbocycles. The maximum Gasteiger partial charge on any atom is 0.319 e. The van der Waals surface area contributed by atoms with Crippen molar-refractivity contribution in [3.8, 4) is 11.8 Å². The largest absolute Gasteiger partial charge is 0.484 e. The number of benzene rings is 1. The fraction of sp³-hybridized carbons (Fsp3) is 0.690. The van der Waals surface area contributed by atoms with Crippen LogP contribution in [0.25, 0.3) is 10.9 Å². The number of hydrogen-bond acceptors (Lipinski definition) is 7. The highest BCUT2D eigenvalue weighted by Gasteiger charge is 2.34. The average molecular weight is 612 g/mol. The first-order chi connectivity index (χ1) is 18.8. The Morgan fingerprint density at radius 1 is 1.15 bits per heavy atom. The zero-order valence-electron chi connectivity index (χ0n) is 23.4. The molecule has 10 heteroatoms. The Bertz CT molecular complexity index is 1120. The SMILES string of the molecule is CCCCCC1(CC)CCN(c2nc(OC3CCN(C)CC3)nc3c(OCC(F)F)c(Br)c(C=O)cc23)CC1. The lowest BCUT2D eigenvalue weighted by atomic mass is 9.72. The number of aldehydes is 1. The minimum Gasteiger partial charge on any atom is -0.484 e. The number of anilines is 1. The molecule has 1 aromatic heterocycles. The van der Waals surface area contributed by atoms with Gasteiger partial charge in [-0.2, -0.15) is 9.97 Å². The molecule has 0 saturated carbocycles. The van der Waals surface area contributed by atoms with Gasteiger partial charge >= 0.3 is 6.01 Å². The summed E-state index contributed by atoms with van der Waals surface area (Å²) in [6.07, 6.45) is 7.91. The number of halogens is 3. The second-order valence-corrected chi connectivity index (χ2v) is 11.9. The number of rotatable bonds is 12. The number of aromatic nitrogens is 2. The van der Waals surface area contributed by atoms with Crippen molar-refractivity contribution in [2.45, 2.75) is 84.2 Å². The zero-order valence-corrected chi connectivity index (χ0v) is 24.9. The van der Waals surface area contributed by atoms with Crippen molar-refractivity contribution in [2.24, 2.45) is 5.41 Å². The average Bonchev–Trinajstić information content (AvgIpc) is 2.93. The summed E-state index contributed by atoms with van der Waals surface area (Å²) in [6.45, 7) is 7.20. The van der Waals surface area contributed by atoms with Gasteiger partial charge in [-0.15, -0.1) is 0 Å². The van der Waals surface area contributed by atoms with Gasteiger partial charge < -0.3 is 19.3 Å². The summed E-state index contributed by atoms with van der Waals surface area (Å²) < 4.78 is 38.4. The minimum absolute atomic E-state index is 0.0257. The number of alkyl halides is 2. The molecule has 216 valence electrons. The topological polar surface area (TPSA) is 67.8 Å². The Morgan fingerprint density at radius 2 is 1.87 bits per heavy atom. The monoisotopic (exact) mass is 610 g/mol. The molecule has 0 atom stereocenters. The number of ether oxygens (including phenoxy) is 2. The number of hydrogen-bond donors (Lipinski definition) is 0. The van der Waals surface area contributed by atoms with Crippen molar-refractivity contribution in [1.29, 1.82) is 0 Å². The Hall–Kier alpha value is -2.07. The molecule has 0 N–H and O–H groups in total. The van der Waals surface area contributed by atoms with Gasteiger partial charge in [-0.3, -0.25) is 4.79 Å². The lowest BCUT2D eigenvalue weighted by Gasteiger charge is -2.42. The first-order valence-electron chi connectivity index (χ1n) is 14.3. The second-order valence-electron chi connectivity index (χ2n) is 11.1. The van der Waals surface area contributed by atoms with Gasteiger partial charge in [0.1, 0.15) is 24.0 Å². The van der Waals surface area contributed by atoms with Crippen LogP contribution in [-0.2, 0) is 0 Å². The van der Waals surface area contributed by atoms with Crippen molar-refractivity contribution in [1.82, 2.24) is 14.9 Å². The summed E-state index contributed by atoms with van der Waals surface area (Å²) in [5.41, 5.74) is 1.00. The number of nitrogens with zero attached hydrogens (tertiary/aromatic N) is 4. The molecule has 1 aromatic carbocycles. The molecule has 2 aromatic rings. The number of unbranched alkanes of at least 4 members (excludes halogenated alkanes) is 2. The van der Waals surface area contributed by atoms with E-state index in [1.54, 1.807) is 6.07 Å². The molecule has 2 aliphatic rings. The normalized spacial score (nSPS) is 18.6. The Balaban J connectivity index is 1.72. The third kappa shape index (κ3) is 7.17. The number of carbonyl (C=O) groups is 1. The zero-order chi connectivity index (χ0) is 28.0. The standard InChI is InChI=1S/C29H41BrF2N4O3/c1-4-6-7-10-29(5-2)11-15-36(16-12-29)27-22-17-20(18-37)24(30)26(38-19-23(31)32)25(22)33-28(34-27)39-21-8-13-35(3)14-9-21/h17-18,21,23H,4-16,19H2,1-3H3. The maximum atomic E-state index is 13.2. The van der Waals surface area contributed by atoms with E-state index in [2.05, 4.69) is 51.6 Å². The maximum absolute atomic E-state index is 13.2. The van der Waals surface area contributed by atoms with Gasteiger partial charge in [0.05, 0.1) is 4.47 Å². The van der Waals surface area contributed by atoms with E-state index in [9.17, 15) is 13.6 Å². The van der Waals surface area contributed by atoms with E-state index in [0.29, 0.717) is 38.5 Å². The molecular formula is C29H41BrF2N4O3. The molecule has 2 aliphatic heterocycles. The molecule has 0 bridgehead atoms. The van der Waals surface area contributed by atoms with Gasteiger partial charge in [-0.1, -0.05) is 39.5 Å². The van der Waals surface area contributed by atoms with Gasteiger partial charge in [-0.25, -0.2) is 8.78 Å². The molecule has 0 amide bonds. The molecule has 2 saturated heterocycles. The summed E-state index contributed by atoms with van der Waals surface area (Å²) in [5.74, 6) is 0.782. The number of likely N-dealkylation sites (tertiary alicyclic amines) is 1. The van der Waals surface area contributed by atoms with Crippen LogP contribution in [0.5, 0.6) is 11.8 Å². The highest BCUT2D eigenvalue weighted by atomic mass is 79.9. The highest BCUT2D eigenvalue weighted by Crippen LogP contribution is 2.44. The van der Waals surface area contributed by atoms with E-state index >= 15 is 0 Å². The first kappa shape index (κ1) is 29.9. The van der Waals surface area contributed by atoms with E-state index in [-0.39, 0.29) is 17.9 Å². The van der Waals surface area contributed by atoms with Gasteiger partial charge in [0.25, 0.3) is 6.43 Å². The van der Waals surface area contributed by atoms with Gasteiger partial charge in [0.15, 0.2) is 12.0 Å². The lowest BCUT2D eigenvalue weighted by molar-refractivity contribution is 0.0820. The first-order valence-corrected chi connectivity index (χ1v) is 15.1. The molecule has 0 spiro atoms. The minimum atomic E-state index is -2.67. The predicted molar refractivity (Wildman–Crippen MR) is 154 cm³/mol. The molecule has 3 heterocycles. The number of fused-ring (bicyclic) bond motifs is 1. The summed E-state index contributed by atoms with van der Waals surface area (Å²) in [5, 5.41) is 0.607. The molecule has 4 rings (SSSR count). The third-order valence-electron chi connectivity index (χ3n) is 8.48. The van der Waals surface area contributed by atoms with Crippen LogP contribution in [0.3, 0.4) is 0 Å². The number of carbonyl (C=O) groups excluding carboxylic acids is 1. The summed E-state index contributed by atoms with van der Waals surface area (Å²) in [4.78, 5) is 26.0. The van der Waals surface area contributed by atoms with Crippen LogP contribution in [0.4, 0.5) is 14.6 Å². The van der Waals surface area contributed by atoms with Crippen LogP contribution in [0.15, 0.2) is 10.5 Å². The Morgan fingerprint density at radius 3 is 2.49 bits per heavy atom. The van der Waals surface area contributed by atoms with Gasteiger partial charge in [0.2, 0.25) is 0 Å². The van der Waals surface area contributed by atoms with Crippen LogP contribution in [0, 0.1) is 5.41 Å². The fourth-order valence-corrected chi connectivity index (χ4v) is 6.34. The van der Waals surface area contributed by atoms with Gasteiger partial charge in [0, 0.05) is 37.1 Å². The van der Waals surface area contributed by atoms with Crippen LogP contribution >= 0.6 is 15.9 Å². The molecule has 39 heavy (non-hydrogen) atoms. The summed E-state index contributed by atoms with van der Waals surface area (Å²) >= 11 is 3.40. The Labute approximate surface area is 238 Å². The quantitative estimate of drug-likeness (QED) is 0.191. The Kier molecular flexibility index (Phi) is 10.4. The van der Waals surface area contributed by atoms with E-state index in [4.69, 9.17) is 14.5 Å². The molecular weight excluding hydrogens is 570 g/mol. The summed E-state index contributed by atoms with van der Waals surface area (Å²) in [6, 6.07) is 1.94. The van der Waals surface area contributed by atoms with E-state index in [1.165, 1.54) is 25.7 Å². The predicted octanol–water partition coefficient (Wildman–Crippen LogP) is 6.90. The molecule has 2 fully saturated rings. The third-order valence-corrected chi connectivity index (χ3v) is 9.29. The lowest BCUT2D eigenvalue weighted by Crippen LogP contribution is -2.40. The van der Waals surface area contributed by atoms with Crippen molar-refractivity contribution in [3.63, 3.8) is 0 Å².